The Kier molecular flexibility index (Phi) is 6.03. The first kappa shape index (κ1) is 21.3. The number of amides is 2. The standard InChI is InChI=1S/C26H25N3O3/c1-4-32-21-8-6-20(7-9-21)23-24(28-22-10-5-17(2)15-18(22)3)26(31)29(25(23)30)16-19-11-13-27-14-12-19/h5-15,28H,4,16H2,1-3H3. The Morgan fingerprint density at radius 1 is 0.938 bits per heavy atom. The predicted molar refractivity (Wildman–Crippen MR) is 124 cm³/mol. The summed E-state index contributed by atoms with van der Waals surface area (Å²) in [6, 6.07) is 16.8. The average molecular weight is 428 g/mol. The number of aromatic nitrogens is 1. The molecule has 3 aromatic rings. The molecule has 1 N–H and O–H groups in total. The molecule has 2 amide bonds. The Hall–Kier alpha value is -3.93. The van der Waals surface area contributed by atoms with E-state index in [-0.39, 0.29) is 24.1 Å². The van der Waals surface area contributed by atoms with Crippen LogP contribution in [0.25, 0.3) is 5.57 Å². The van der Waals surface area contributed by atoms with Gasteiger partial charge >= 0.3 is 0 Å². The van der Waals surface area contributed by atoms with Gasteiger partial charge in [-0.2, -0.15) is 0 Å². The number of imide groups is 1. The number of rotatable bonds is 7. The van der Waals surface area contributed by atoms with E-state index < -0.39 is 0 Å². The zero-order valence-corrected chi connectivity index (χ0v) is 18.4. The molecule has 1 aliphatic heterocycles. The fourth-order valence-corrected chi connectivity index (χ4v) is 3.75. The molecule has 1 aromatic heterocycles. The summed E-state index contributed by atoms with van der Waals surface area (Å²) in [7, 11) is 0. The Morgan fingerprint density at radius 3 is 2.31 bits per heavy atom. The Balaban J connectivity index is 1.74. The van der Waals surface area contributed by atoms with Crippen LogP contribution in [0.3, 0.4) is 0 Å². The van der Waals surface area contributed by atoms with Crippen LogP contribution in [-0.2, 0) is 16.1 Å². The summed E-state index contributed by atoms with van der Waals surface area (Å²) in [6.45, 7) is 6.64. The van der Waals surface area contributed by atoms with E-state index in [1.54, 1.807) is 24.5 Å². The van der Waals surface area contributed by atoms with Gasteiger partial charge in [-0.25, -0.2) is 0 Å². The van der Waals surface area contributed by atoms with Crippen molar-refractivity contribution < 1.29 is 14.3 Å². The number of nitrogens with zero attached hydrogens (tertiary/aromatic N) is 2. The lowest BCUT2D eigenvalue weighted by Gasteiger charge is -2.16. The summed E-state index contributed by atoms with van der Waals surface area (Å²) in [4.78, 5) is 32.1. The molecule has 0 spiro atoms. The van der Waals surface area contributed by atoms with E-state index in [4.69, 9.17) is 4.74 Å². The van der Waals surface area contributed by atoms with E-state index in [1.165, 1.54) is 4.90 Å². The van der Waals surface area contributed by atoms with Crippen LogP contribution in [0.4, 0.5) is 5.69 Å². The molecule has 4 rings (SSSR count). The number of carbonyl (C=O) groups is 2. The third-order valence-corrected chi connectivity index (χ3v) is 5.35. The van der Waals surface area contributed by atoms with Gasteiger partial charge in [0.1, 0.15) is 11.4 Å². The summed E-state index contributed by atoms with van der Waals surface area (Å²) >= 11 is 0. The largest absolute Gasteiger partial charge is 0.494 e. The summed E-state index contributed by atoms with van der Waals surface area (Å²) in [5.74, 6) is 0.0325. The van der Waals surface area contributed by atoms with Gasteiger partial charge in [-0.1, -0.05) is 29.8 Å². The molecule has 6 nitrogen and oxygen atoms in total. The number of hydrogen-bond acceptors (Lipinski definition) is 5. The number of carbonyl (C=O) groups excluding carboxylic acids is 2. The highest BCUT2D eigenvalue weighted by Crippen LogP contribution is 2.33. The van der Waals surface area contributed by atoms with Crippen LogP contribution in [0.2, 0.25) is 0 Å². The van der Waals surface area contributed by atoms with Gasteiger partial charge in [0.15, 0.2) is 0 Å². The maximum absolute atomic E-state index is 13.4. The predicted octanol–water partition coefficient (Wildman–Crippen LogP) is 4.49. The second-order valence-electron chi connectivity index (χ2n) is 7.70. The van der Waals surface area contributed by atoms with Crippen LogP contribution in [-0.4, -0.2) is 28.3 Å². The highest BCUT2D eigenvalue weighted by molar-refractivity contribution is 6.36. The Labute approximate surface area is 187 Å². The van der Waals surface area contributed by atoms with Crippen molar-refractivity contribution in [2.45, 2.75) is 27.3 Å². The number of ether oxygens (including phenoxy) is 1. The first-order chi connectivity index (χ1) is 15.5. The fourth-order valence-electron chi connectivity index (χ4n) is 3.75. The summed E-state index contributed by atoms with van der Waals surface area (Å²) < 4.78 is 5.52. The van der Waals surface area contributed by atoms with E-state index >= 15 is 0 Å². The zero-order valence-electron chi connectivity index (χ0n) is 18.4. The fraction of sp³-hybridized carbons (Fsp3) is 0.192. The molecule has 2 heterocycles. The summed E-state index contributed by atoms with van der Waals surface area (Å²) in [5, 5.41) is 3.24. The second kappa shape index (κ2) is 9.06. The van der Waals surface area contributed by atoms with Gasteiger partial charge in [0, 0.05) is 18.1 Å². The maximum atomic E-state index is 13.4. The third-order valence-electron chi connectivity index (χ3n) is 5.35. The topological polar surface area (TPSA) is 71.5 Å². The van der Waals surface area contributed by atoms with Crippen molar-refractivity contribution in [3.63, 3.8) is 0 Å². The maximum Gasteiger partial charge on any atom is 0.278 e. The lowest BCUT2D eigenvalue weighted by atomic mass is 10.0. The summed E-state index contributed by atoms with van der Waals surface area (Å²) in [5.41, 5.74) is 5.04. The van der Waals surface area contributed by atoms with Gasteiger partial charge in [-0.3, -0.25) is 19.5 Å². The van der Waals surface area contributed by atoms with Crippen molar-refractivity contribution in [2.75, 3.05) is 11.9 Å². The van der Waals surface area contributed by atoms with Crippen LogP contribution >= 0.6 is 0 Å². The zero-order chi connectivity index (χ0) is 22.7. The van der Waals surface area contributed by atoms with Gasteiger partial charge in [0.05, 0.1) is 18.7 Å². The van der Waals surface area contributed by atoms with Crippen LogP contribution in [0, 0.1) is 13.8 Å². The highest BCUT2D eigenvalue weighted by atomic mass is 16.5. The van der Waals surface area contributed by atoms with E-state index in [9.17, 15) is 9.59 Å². The molecule has 0 atom stereocenters. The van der Waals surface area contributed by atoms with E-state index in [1.807, 2.05) is 63.2 Å². The van der Waals surface area contributed by atoms with E-state index in [0.29, 0.717) is 23.5 Å². The van der Waals surface area contributed by atoms with Crippen molar-refractivity contribution in [1.82, 2.24) is 9.88 Å². The second-order valence-corrected chi connectivity index (χ2v) is 7.70. The molecule has 6 heteroatoms. The van der Waals surface area contributed by atoms with Gasteiger partial charge < -0.3 is 10.1 Å². The first-order valence-corrected chi connectivity index (χ1v) is 10.5. The van der Waals surface area contributed by atoms with E-state index in [2.05, 4.69) is 10.3 Å². The number of anilines is 1. The van der Waals surface area contributed by atoms with Gasteiger partial charge in [0.2, 0.25) is 0 Å². The number of pyridine rings is 1. The molecule has 0 aliphatic carbocycles. The average Bonchev–Trinajstić information content (AvgIpc) is 3.01. The van der Waals surface area contributed by atoms with Crippen molar-refractivity contribution in [3.05, 3.63) is 94.9 Å². The van der Waals surface area contributed by atoms with Crippen LogP contribution < -0.4 is 10.1 Å². The highest BCUT2D eigenvalue weighted by Gasteiger charge is 2.39. The third kappa shape index (κ3) is 4.25. The molecule has 0 saturated carbocycles. The molecule has 0 radical (unpaired) electrons. The van der Waals surface area contributed by atoms with Gasteiger partial charge in [0.25, 0.3) is 11.8 Å². The molecule has 162 valence electrons. The molecule has 1 aliphatic rings. The minimum absolute atomic E-state index is 0.179. The SMILES string of the molecule is CCOc1ccc(C2=C(Nc3ccc(C)cc3C)C(=O)N(Cc3ccncc3)C2=O)cc1. The van der Waals surface area contributed by atoms with Crippen molar-refractivity contribution in [1.29, 1.82) is 0 Å². The molecule has 0 bridgehead atoms. The molecule has 32 heavy (non-hydrogen) atoms. The number of benzene rings is 2. The van der Waals surface area contributed by atoms with E-state index in [0.717, 1.165) is 22.4 Å². The molecule has 0 saturated heterocycles. The van der Waals surface area contributed by atoms with Crippen LogP contribution in [0.1, 0.15) is 29.2 Å². The normalized spacial score (nSPS) is 13.7. The van der Waals surface area contributed by atoms with Crippen LogP contribution in [0.5, 0.6) is 5.75 Å². The van der Waals surface area contributed by atoms with Crippen molar-refractivity contribution in [3.8, 4) is 5.75 Å². The molecular weight excluding hydrogens is 402 g/mol. The minimum Gasteiger partial charge on any atom is -0.494 e. The molecular formula is C26H25N3O3. The minimum atomic E-state index is -0.351. The smallest absolute Gasteiger partial charge is 0.278 e. The van der Waals surface area contributed by atoms with Gasteiger partial charge in [-0.05, 0) is 67.8 Å². The van der Waals surface area contributed by atoms with Crippen molar-refractivity contribution >= 4 is 23.1 Å². The Bertz CT molecular complexity index is 1180. The molecule has 0 fully saturated rings. The number of hydrogen-bond donors (Lipinski definition) is 1. The number of aryl methyl sites for hydroxylation is 2. The summed E-state index contributed by atoms with van der Waals surface area (Å²) in [6.07, 6.45) is 3.30. The lowest BCUT2D eigenvalue weighted by Crippen LogP contribution is -2.32. The Morgan fingerprint density at radius 2 is 1.66 bits per heavy atom. The van der Waals surface area contributed by atoms with Gasteiger partial charge in [-0.15, -0.1) is 0 Å². The lowest BCUT2D eigenvalue weighted by molar-refractivity contribution is -0.137. The quantitative estimate of drug-likeness (QED) is 0.563. The number of nitrogens with one attached hydrogen (secondary N) is 1. The van der Waals surface area contributed by atoms with Crippen molar-refractivity contribution in [2.24, 2.45) is 0 Å². The van der Waals surface area contributed by atoms with Crippen LogP contribution in [0.15, 0.2) is 72.7 Å². The molecule has 0 unspecified atom stereocenters. The first-order valence-electron chi connectivity index (χ1n) is 10.5. The monoisotopic (exact) mass is 427 g/mol. The molecule has 2 aromatic carbocycles.